The van der Waals surface area contributed by atoms with E-state index in [2.05, 4.69) is 5.32 Å². The first-order valence-corrected chi connectivity index (χ1v) is 5.50. The number of likely N-dealkylation sites (N-methyl/N-ethyl adjacent to an activating group) is 1. The molecular weight excluding hydrogens is 234 g/mol. The van der Waals surface area contributed by atoms with Crippen molar-refractivity contribution in [3.8, 4) is 0 Å². The zero-order valence-electron chi connectivity index (χ0n) is 10.3. The molecule has 0 heterocycles. The molecule has 0 saturated heterocycles. The number of hydrogen-bond donors (Lipinski definition) is 1. The van der Waals surface area contributed by atoms with Gasteiger partial charge in [0, 0.05) is 12.6 Å². The number of ketones is 1. The van der Waals surface area contributed by atoms with E-state index in [1.807, 2.05) is 0 Å². The summed E-state index contributed by atoms with van der Waals surface area (Å²) in [6, 6.07) is 8.64. The third-order valence-electron chi connectivity index (χ3n) is 2.23. The molecule has 0 spiro atoms. The molecule has 0 aliphatic rings. The summed E-state index contributed by atoms with van der Waals surface area (Å²) in [5, 5.41) is 2.42. The van der Waals surface area contributed by atoms with Crippen molar-refractivity contribution in [3.05, 3.63) is 35.9 Å². The minimum atomic E-state index is -1.02. The van der Waals surface area contributed by atoms with Gasteiger partial charge in [0.05, 0.1) is 0 Å². The van der Waals surface area contributed by atoms with Crippen LogP contribution in [0.3, 0.4) is 0 Å². The summed E-state index contributed by atoms with van der Waals surface area (Å²) in [5.41, 5.74) is 0.564. The van der Waals surface area contributed by atoms with Crippen LogP contribution in [0, 0.1) is 0 Å². The van der Waals surface area contributed by atoms with Gasteiger partial charge in [0.15, 0.2) is 0 Å². The summed E-state index contributed by atoms with van der Waals surface area (Å²) in [6.07, 6.45) is -1.36. The molecule has 1 unspecified atom stereocenters. The minimum absolute atomic E-state index is 0.302. The maximum atomic E-state index is 11.7. The van der Waals surface area contributed by atoms with Gasteiger partial charge in [-0.2, -0.15) is 0 Å². The fourth-order valence-corrected chi connectivity index (χ4v) is 1.41. The van der Waals surface area contributed by atoms with Gasteiger partial charge in [-0.15, -0.1) is 0 Å². The third kappa shape index (κ3) is 4.01. The molecule has 1 amide bonds. The van der Waals surface area contributed by atoms with E-state index in [0.717, 1.165) is 0 Å². The standard InChI is InChI=1S/C13H15NO4/c1-9(15)8-11(16)18-12(13(17)14-2)10-6-4-3-5-7-10/h3-7,12H,8H2,1-2H3,(H,14,17). The molecule has 0 aliphatic heterocycles. The van der Waals surface area contributed by atoms with Crippen molar-refractivity contribution in [3.63, 3.8) is 0 Å². The lowest BCUT2D eigenvalue weighted by atomic mass is 10.1. The van der Waals surface area contributed by atoms with Crippen molar-refractivity contribution in [1.82, 2.24) is 5.32 Å². The van der Waals surface area contributed by atoms with Gasteiger partial charge in [-0.25, -0.2) is 0 Å². The van der Waals surface area contributed by atoms with Gasteiger partial charge in [0.1, 0.15) is 12.2 Å². The van der Waals surface area contributed by atoms with E-state index in [1.54, 1.807) is 30.3 Å². The van der Waals surface area contributed by atoms with Crippen LogP contribution in [0.4, 0.5) is 0 Å². The molecule has 0 aliphatic carbocycles. The SMILES string of the molecule is CNC(=O)C(OC(=O)CC(C)=O)c1ccccc1. The van der Waals surface area contributed by atoms with Crippen LogP contribution in [0.2, 0.25) is 0 Å². The summed E-state index contributed by atoms with van der Waals surface area (Å²) in [4.78, 5) is 33.9. The van der Waals surface area contributed by atoms with Crippen LogP contribution in [0.5, 0.6) is 0 Å². The Balaban J connectivity index is 2.84. The number of ether oxygens (including phenoxy) is 1. The maximum absolute atomic E-state index is 11.7. The number of esters is 1. The fraction of sp³-hybridized carbons (Fsp3) is 0.308. The highest BCUT2D eigenvalue weighted by atomic mass is 16.5. The Morgan fingerprint density at radius 2 is 1.83 bits per heavy atom. The first kappa shape index (κ1) is 13.9. The van der Waals surface area contributed by atoms with E-state index in [0.29, 0.717) is 5.56 Å². The van der Waals surface area contributed by atoms with Gasteiger partial charge < -0.3 is 10.1 Å². The molecule has 0 bridgehead atoms. The Kier molecular flexibility index (Phi) is 5.05. The van der Waals surface area contributed by atoms with Gasteiger partial charge >= 0.3 is 5.97 Å². The number of nitrogens with one attached hydrogen (secondary N) is 1. The molecule has 18 heavy (non-hydrogen) atoms. The average Bonchev–Trinajstić information content (AvgIpc) is 2.35. The molecule has 0 radical (unpaired) electrons. The normalized spacial score (nSPS) is 11.4. The van der Waals surface area contributed by atoms with Crippen LogP contribution >= 0.6 is 0 Å². The molecule has 5 heteroatoms. The average molecular weight is 249 g/mol. The number of benzene rings is 1. The number of carbonyl (C=O) groups excluding carboxylic acids is 3. The quantitative estimate of drug-likeness (QED) is 0.624. The van der Waals surface area contributed by atoms with E-state index < -0.39 is 18.0 Å². The lowest BCUT2D eigenvalue weighted by Crippen LogP contribution is -2.29. The number of hydrogen-bond acceptors (Lipinski definition) is 4. The second-order valence-electron chi connectivity index (χ2n) is 3.77. The van der Waals surface area contributed by atoms with Crippen LogP contribution < -0.4 is 5.32 Å². The highest BCUT2D eigenvalue weighted by Crippen LogP contribution is 2.18. The van der Waals surface area contributed by atoms with E-state index in [9.17, 15) is 14.4 Å². The largest absolute Gasteiger partial charge is 0.447 e. The highest BCUT2D eigenvalue weighted by molar-refractivity contribution is 5.95. The molecule has 96 valence electrons. The fourth-order valence-electron chi connectivity index (χ4n) is 1.41. The van der Waals surface area contributed by atoms with Crippen molar-refractivity contribution in [1.29, 1.82) is 0 Å². The van der Waals surface area contributed by atoms with Crippen LogP contribution in [0.1, 0.15) is 25.0 Å². The zero-order chi connectivity index (χ0) is 13.5. The summed E-state index contributed by atoms with van der Waals surface area (Å²) in [6.45, 7) is 1.29. The second kappa shape index (κ2) is 6.54. The molecule has 5 nitrogen and oxygen atoms in total. The first-order valence-electron chi connectivity index (χ1n) is 5.50. The summed E-state index contributed by atoms with van der Waals surface area (Å²) >= 11 is 0. The third-order valence-corrected chi connectivity index (χ3v) is 2.23. The molecule has 1 N–H and O–H groups in total. The van der Waals surface area contributed by atoms with Crippen molar-refractivity contribution in [2.45, 2.75) is 19.4 Å². The molecule has 1 aromatic carbocycles. The number of amides is 1. The lowest BCUT2D eigenvalue weighted by Gasteiger charge is -2.16. The number of rotatable bonds is 5. The maximum Gasteiger partial charge on any atom is 0.314 e. The monoisotopic (exact) mass is 249 g/mol. The summed E-state index contributed by atoms with van der Waals surface area (Å²) in [5.74, 6) is -1.44. The van der Waals surface area contributed by atoms with Gasteiger partial charge in [-0.05, 0) is 6.92 Å². The predicted molar refractivity (Wildman–Crippen MR) is 64.6 cm³/mol. The molecule has 0 fully saturated rings. The smallest absolute Gasteiger partial charge is 0.314 e. The van der Waals surface area contributed by atoms with Gasteiger partial charge in [-0.3, -0.25) is 14.4 Å². The Hall–Kier alpha value is -2.17. The van der Waals surface area contributed by atoms with Gasteiger partial charge in [0.2, 0.25) is 6.10 Å². The topological polar surface area (TPSA) is 72.5 Å². The van der Waals surface area contributed by atoms with Crippen LogP contribution in [0.25, 0.3) is 0 Å². The molecule has 1 aromatic rings. The Morgan fingerprint density at radius 3 is 2.33 bits per heavy atom. The van der Waals surface area contributed by atoms with Crippen LogP contribution in [0.15, 0.2) is 30.3 Å². The Labute approximate surface area is 105 Å². The molecule has 0 aromatic heterocycles. The van der Waals surface area contributed by atoms with E-state index in [-0.39, 0.29) is 12.2 Å². The molecule has 1 atom stereocenters. The zero-order valence-corrected chi connectivity index (χ0v) is 10.3. The van der Waals surface area contributed by atoms with E-state index in [1.165, 1.54) is 14.0 Å². The summed E-state index contributed by atoms with van der Waals surface area (Å²) in [7, 11) is 1.46. The van der Waals surface area contributed by atoms with Crippen molar-refractivity contribution in [2.24, 2.45) is 0 Å². The van der Waals surface area contributed by atoms with Gasteiger partial charge in [0.25, 0.3) is 5.91 Å². The predicted octanol–water partition coefficient (Wildman–Crippen LogP) is 0.996. The molecule has 1 rings (SSSR count). The lowest BCUT2D eigenvalue weighted by molar-refractivity contribution is -0.157. The van der Waals surface area contributed by atoms with Crippen LogP contribution in [-0.2, 0) is 19.1 Å². The van der Waals surface area contributed by atoms with Crippen molar-refractivity contribution >= 4 is 17.7 Å². The highest BCUT2D eigenvalue weighted by Gasteiger charge is 2.24. The Bertz CT molecular complexity index is 442. The van der Waals surface area contributed by atoms with Gasteiger partial charge in [-0.1, -0.05) is 30.3 Å². The molecular formula is C13H15NO4. The second-order valence-corrected chi connectivity index (χ2v) is 3.77. The molecule has 0 saturated carbocycles. The van der Waals surface area contributed by atoms with Crippen molar-refractivity contribution < 1.29 is 19.1 Å². The minimum Gasteiger partial charge on any atom is -0.447 e. The van der Waals surface area contributed by atoms with Crippen molar-refractivity contribution in [2.75, 3.05) is 7.05 Å². The summed E-state index contributed by atoms with van der Waals surface area (Å²) < 4.78 is 5.03. The Morgan fingerprint density at radius 1 is 1.22 bits per heavy atom. The van der Waals surface area contributed by atoms with E-state index in [4.69, 9.17) is 4.74 Å². The number of Topliss-reactive ketones (excluding diaryl/α,β-unsaturated/α-hetero) is 1. The number of carbonyl (C=O) groups is 3. The van der Waals surface area contributed by atoms with E-state index >= 15 is 0 Å². The van der Waals surface area contributed by atoms with Crippen LogP contribution in [-0.4, -0.2) is 24.7 Å². The first-order chi connectivity index (χ1) is 8.54.